The molecule has 0 spiro atoms. The summed E-state index contributed by atoms with van der Waals surface area (Å²) < 4.78 is 6.27. The molecule has 1 heterocycles. The van der Waals surface area contributed by atoms with Crippen molar-refractivity contribution in [3.05, 3.63) is 57.5 Å². The first kappa shape index (κ1) is 12.4. The smallest absolute Gasteiger partial charge is 0.169 e. The van der Waals surface area contributed by atoms with Gasteiger partial charge < -0.3 is 4.42 Å². The molecule has 0 radical (unpaired) electrons. The predicted molar refractivity (Wildman–Crippen MR) is 71.5 cm³/mol. The largest absolute Gasteiger partial charge is 0.452 e. The zero-order valence-corrected chi connectivity index (χ0v) is 11.4. The molecule has 0 saturated carbocycles. The topological polar surface area (TPSA) is 51.2 Å². The second kappa shape index (κ2) is 5.04. The highest BCUT2D eigenvalue weighted by Gasteiger charge is 2.18. The number of halogens is 1. The molecule has 17 heavy (non-hydrogen) atoms. The number of furan rings is 1. The standard InChI is InChI=1S/C13H15BrN2O/c1-8-3-4-9(2)10(7-8)13(16-15)11-5-6-12(14)17-11/h3-7,13,16H,15H2,1-2H3. The van der Waals surface area contributed by atoms with Gasteiger partial charge in [-0.25, -0.2) is 5.43 Å². The lowest BCUT2D eigenvalue weighted by atomic mass is 9.98. The number of aryl methyl sites for hydroxylation is 2. The summed E-state index contributed by atoms with van der Waals surface area (Å²) in [6, 6.07) is 9.95. The molecule has 0 aliphatic rings. The lowest BCUT2D eigenvalue weighted by Crippen LogP contribution is -2.29. The molecule has 1 aromatic carbocycles. The van der Waals surface area contributed by atoms with Gasteiger partial charge in [0.15, 0.2) is 4.67 Å². The van der Waals surface area contributed by atoms with E-state index in [1.165, 1.54) is 11.1 Å². The predicted octanol–water partition coefficient (Wildman–Crippen LogP) is 3.21. The quantitative estimate of drug-likeness (QED) is 0.675. The maximum atomic E-state index is 5.64. The first-order valence-corrected chi connectivity index (χ1v) is 6.19. The summed E-state index contributed by atoms with van der Waals surface area (Å²) in [4.78, 5) is 0. The van der Waals surface area contributed by atoms with Crippen LogP contribution in [0.5, 0.6) is 0 Å². The first-order chi connectivity index (χ1) is 8.11. The van der Waals surface area contributed by atoms with E-state index in [0.29, 0.717) is 4.67 Å². The fraction of sp³-hybridized carbons (Fsp3) is 0.231. The van der Waals surface area contributed by atoms with Gasteiger partial charge in [-0.2, -0.15) is 0 Å². The lowest BCUT2D eigenvalue weighted by Gasteiger charge is -2.17. The van der Waals surface area contributed by atoms with Crippen LogP contribution in [0.3, 0.4) is 0 Å². The van der Waals surface area contributed by atoms with Crippen molar-refractivity contribution in [2.75, 3.05) is 0 Å². The second-order valence-corrected chi connectivity index (χ2v) is 4.88. The Bertz CT molecular complexity index is 522. The average molecular weight is 295 g/mol. The zero-order chi connectivity index (χ0) is 12.4. The van der Waals surface area contributed by atoms with Gasteiger partial charge in [0.05, 0.1) is 0 Å². The highest BCUT2D eigenvalue weighted by Crippen LogP contribution is 2.28. The molecule has 1 atom stereocenters. The van der Waals surface area contributed by atoms with Crippen molar-refractivity contribution < 1.29 is 4.42 Å². The Balaban J connectivity index is 2.45. The summed E-state index contributed by atoms with van der Waals surface area (Å²) in [5.41, 5.74) is 6.33. The minimum absolute atomic E-state index is 0.124. The van der Waals surface area contributed by atoms with Crippen LogP contribution in [0.2, 0.25) is 0 Å². The normalized spacial score (nSPS) is 12.7. The molecule has 0 aliphatic heterocycles. The summed E-state index contributed by atoms with van der Waals surface area (Å²) in [5.74, 6) is 6.44. The van der Waals surface area contributed by atoms with Gasteiger partial charge in [0, 0.05) is 0 Å². The second-order valence-electron chi connectivity index (χ2n) is 4.10. The molecule has 2 rings (SSSR count). The summed E-state index contributed by atoms with van der Waals surface area (Å²) in [6.07, 6.45) is 0. The van der Waals surface area contributed by atoms with Crippen molar-refractivity contribution in [2.45, 2.75) is 19.9 Å². The Hall–Kier alpha value is -1.10. The molecular weight excluding hydrogens is 280 g/mol. The molecule has 1 aromatic heterocycles. The van der Waals surface area contributed by atoms with Crippen LogP contribution in [-0.4, -0.2) is 0 Å². The summed E-state index contributed by atoms with van der Waals surface area (Å²) in [7, 11) is 0. The maximum absolute atomic E-state index is 5.64. The number of rotatable bonds is 3. The van der Waals surface area contributed by atoms with Crippen LogP contribution in [0.25, 0.3) is 0 Å². The van der Waals surface area contributed by atoms with E-state index < -0.39 is 0 Å². The van der Waals surface area contributed by atoms with E-state index in [2.05, 4.69) is 53.4 Å². The van der Waals surface area contributed by atoms with Gasteiger partial charge in [-0.3, -0.25) is 5.84 Å². The van der Waals surface area contributed by atoms with E-state index in [9.17, 15) is 0 Å². The third-order valence-corrected chi connectivity index (χ3v) is 3.22. The van der Waals surface area contributed by atoms with Crippen LogP contribution in [0, 0.1) is 13.8 Å². The SMILES string of the molecule is Cc1ccc(C)c(C(NN)c2ccc(Br)o2)c1. The minimum Gasteiger partial charge on any atom is -0.452 e. The lowest BCUT2D eigenvalue weighted by molar-refractivity contribution is 0.436. The number of hydrogen-bond acceptors (Lipinski definition) is 3. The monoisotopic (exact) mass is 294 g/mol. The fourth-order valence-corrected chi connectivity index (χ4v) is 2.20. The van der Waals surface area contributed by atoms with Crippen LogP contribution in [0.4, 0.5) is 0 Å². The molecule has 1 unspecified atom stereocenters. The van der Waals surface area contributed by atoms with E-state index in [1.807, 2.05) is 12.1 Å². The Morgan fingerprint density at radius 3 is 2.59 bits per heavy atom. The number of nitrogens with two attached hydrogens (primary N) is 1. The molecule has 3 nitrogen and oxygen atoms in total. The van der Waals surface area contributed by atoms with Crippen LogP contribution < -0.4 is 11.3 Å². The van der Waals surface area contributed by atoms with Crippen molar-refractivity contribution in [3.63, 3.8) is 0 Å². The number of hydrogen-bond donors (Lipinski definition) is 2. The summed E-state index contributed by atoms with van der Waals surface area (Å²) >= 11 is 3.30. The number of hydrazine groups is 1. The summed E-state index contributed by atoms with van der Waals surface area (Å²) in [6.45, 7) is 4.13. The molecular formula is C13H15BrN2O. The van der Waals surface area contributed by atoms with E-state index in [-0.39, 0.29) is 6.04 Å². The van der Waals surface area contributed by atoms with Gasteiger partial charge in [0.2, 0.25) is 0 Å². The van der Waals surface area contributed by atoms with Gasteiger partial charge in [-0.15, -0.1) is 0 Å². The fourth-order valence-electron chi connectivity index (χ4n) is 1.88. The number of benzene rings is 1. The maximum Gasteiger partial charge on any atom is 0.169 e. The van der Waals surface area contributed by atoms with Crippen LogP contribution in [0.15, 0.2) is 39.4 Å². The zero-order valence-electron chi connectivity index (χ0n) is 9.83. The van der Waals surface area contributed by atoms with Gasteiger partial charge in [-0.1, -0.05) is 23.8 Å². The Kier molecular flexibility index (Phi) is 3.66. The van der Waals surface area contributed by atoms with Crippen molar-refractivity contribution in [3.8, 4) is 0 Å². The molecule has 0 fully saturated rings. The molecule has 90 valence electrons. The molecule has 0 saturated heterocycles. The Morgan fingerprint density at radius 2 is 2.00 bits per heavy atom. The molecule has 0 aliphatic carbocycles. The van der Waals surface area contributed by atoms with Crippen LogP contribution in [-0.2, 0) is 0 Å². The average Bonchev–Trinajstić information content (AvgIpc) is 2.71. The third kappa shape index (κ3) is 2.60. The molecule has 4 heteroatoms. The van der Waals surface area contributed by atoms with Gasteiger partial charge in [0.1, 0.15) is 11.8 Å². The van der Waals surface area contributed by atoms with E-state index >= 15 is 0 Å². The van der Waals surface area contributed by atoms with E-state index in [4.69, 9.17) is 10.3 Å². The summed E-state index contributed by atoms with van der Waals surface area (Å²) in [5, 5.41) is 0. The highest BCUT2D eigenvalue weighted by molar-refractivity contribution is 9.10. The van der Waals surface area contributed by atoms with Crippen molar-refractivity contribution in [2.24, 2.45) is 5.84 Å². The van der Waals surface area contributed by atoms with Crippen molar-refractivity contribution >= 4 is 15.9 Å². The minimum atomic E-state index is -0.124. The van der Waals surface area contributed by atoms with Gasteiger partial charge in [0.25, 0.3) is 0 Å². The highest BCUT2D eigenvalue weighted by atomic mass is 79.9. The van der Waals surface area contributed by atoms with E-state index in [1.54, 1.807) is 0 Å². The Labute approximate surface area is 109 Å². The van der Waals surface area contributed by atoms with Gasteiger partial charge in [-0.05, 0) is 53.0 Å². The van der Waals surface area contributed by atoms with Crippen LogP contribution >= 0.6 is 15.9 Å². The molecule has 0 amide bonds. The van der Waals surface area contributed by atoms with Crippen molar-refractivity contribution in [1.82, 2.24) is 5.43 Å². The van der Waals surface area contributed by atoms with Crippen molar-refractivity contribution in [1.29, 1.82) is 0 Å². The van der Waals surface area contributed by atoms with Gasteiger partial charge >= 0.3 is 0 Å². The first-order valence-electron chi connectivity index (χ1n) is 5.40. The Morgan fingerprint density at radius 1 is 1.24 bits per heavy atom. The van der Waals surface area contributed by atoms with E-state index in [0.717, 1.165) is 11.3 Å². The molecule has 3 N–H and O–H groups in total. The molecule has 0 bridgehead atoms. The number of nitrogens with one attached hydrogen (secondary N) is 1. The molecule has 2 aromatic rings. The third-order valence-electron chi connectivity index (χ3n) is 2.79. The van der Waals surface area contributed by atoms with Crippen LogP contribution in [0.1, 0.15) is 28.5 Å².